The Morgan fingerprint density at radius 2 is 1.41 bits per heavy atom. The molecule has 1 aliphatic rings. The van der Waals surface area contributed by atoms with Gasteiger partial charge in [-0.25, -0.2) is 0 Å². The average Bonchev–Trinajstić information content (AvgIpc) is 3.24. The first-order valence-electron chi connectivity index (χ1n) is 9.20. The minimum atomic E-state index is 0.194. The van der Waals surface area contributed by atoms with E-state index in [1.807, 2.05) is 65.8 Å². The number of piperazine rings is 1. The van der Waals surface area contributed by atoms with Crippen LogP contribution in [0.4, 0.5) is 5.69 Å². The zero-order valence-corrected chi connectivity index (χ0v) is 15.8. The van der Waals surface area contributed by atoms with Gasteiger partial charge in [0.2, 0.25) is 5.91 Å². The van der Waals surface area contributed by atoms with Gasteiger partial charge in [-0.05, 0) is 54.1 Å². The number of benzene rings is 2. The number of amides is 1. The fourth-order valence-corrected chi connectivity index (χ4v) is 3.57. The number of aromatic nitrogens is 1. The largest absolute Gasteiger partial charge is 0.368 e. The Hall–Kier alpha value is -2.72. The second-order valence-electron chi connectivity index (χ2n) is 6.78. The molecule has 0 saturated carbocycles. The highest BCUT2D eigenvalue weighted by molar-refractivity contribution is 6.30. The Morgan fingerprint density at radius 1 is 0.815 bits per heavy atom. The molecular formula is C22H22ClN3O. The molecule has 0 atom stereocenters. The number of anilines is 1. The van der Waals surface area contributed by atoms with E-state index in [9.17, 15) is 4.79 Å². The van der Waals surface area contributed by atoms with Gasteiger partial charge in [-0.2, -0.15) is 0 Å². The number of carbonyl (C=O) groups excluding carboxylic acids is 1. The van der Waals surface area contributed by atoms with Gasteiger partial charge in [0.05, 0.1) is 6.42 Å². The lowest BCUT2D eigenvalue weighted by Crippen LogP contribution is -2.49. The molecule has 27 heavy (non-hydrogen) atoms. The van der Waals surface area contributed by atoms with E-state index in [-0.39, 0.29) is 5.91 Å². The van der Waals surface area contributed by atoms with Crippen LogP contribution in [-0.2, 0) is 11.2 Å². The van der Waals surface area contributed by atoms with E-state index in [0.29, 0.717) is 6.42 Å². The summed E-state index contributed by atoms with van der Waals surface area (Å²) in [6, 6.07) is 20.1. The molecule has 4 rings (SSSR count). The predicted molar refractivity (Wildman–Crippen MR) is 110 cm³/mol. The van der Waals surface area contributed by atoms with Crippen molar-refractivity contribution in [3.05, 3.63) is 83.6 Å². The van der Waals surface area contributed by atoms with Crippen molar-refractivity contribution in [1.29, 1.82) is 0 Å². The minimum absolute atomic E-state index is 0.194. The van der Waals surface area contributed by atoms with Gasteiger partial charge < -0.3 is 14.4 Å². The summed E-state index contributed by atoms with van der Waals surface area (Å²) in [5.74, 6) is 0.194. The summed E-state index contributed by atoms with van der Waals surface area (Å²) in [5, 5.41) is 0.746. The number of nitrogens with zero attached hydrogens (tertiary/aromatic N) is 3. The quantitative estimate of drug-likeness (QED) is 0.685. The van der Waals surface area contributed by atoms with Crippen molar-refractivity contribution in [3.63, 3.8) is 0 Å². The first-order valence-corrected chi connectivity index (χ1v) is 9.57. The van der Waals surface area contributed by atoms with Crippen molar-refractivity contribution in [2.75, 3.05) is 31.1 Å². The maximum atomic E-state index is 12.7. The third-order valence-electron chi connectivity index (χ3n) is 5.02. The maximum absolute atomic E-state index is 12.7. The summed E-state index contributed by atoms with van der Waals surface area (Å²) in [4.78, 5) is 16.9. The van der Waals surface area contributed by atoms with Crippen LogP contribution < -0.4 is 4.90 Å². The summed E-state index contributed by atoms with van der Waals surface area (Å²) < 4.78 is 2.06. The van der Waals surface area contributed by atoms with Gasteiger partial charge in [-0.3, -0.25) is 4.79 Å². The molecule has 0 unspecified atom stereocenters. The van der Waals surface area contributed by atoms with Crippen LogP contribution in [-0.4, -0.2) is 41.6 Å². The smallest absolute Gasteiger partial charge is 0.227 e. The van der Waals surface area contributed by atoms with E-state index in [1.165, 1.54) is 0 Å². The van der Waals surface area contributed by atoms with E-state index in [1.54, 1.807) is 0 Å². The van der Waals surface area contributed by atoms with Crippen LogP contribution >= 0.6 is 11.6 Å². The molecule has 5 heteroatoms. The Kier molecular flexibility index (Phi) is 5.16. The van der Waals surface area contributed by atoms with Gasteiger partial charge in [0, 0.05) is 55.0 Å². The molecule has 2 aromatic carbocycles. The number of halogens is 1. The lowest BCUT2D eigenvalue weighted by Gasteiger charge is -2.36. The molecular weight excluding hydrogens is 358 g/mol. The maximum Gasteiger partial charge on any atom is 0.227 e. The van der Waals surface area contributed by atoms with Crippen molar-refractivity contribution in [3.8, 4) is 5.69 Å². The molecule has 0 radical (unpaired) electrons. The molecule has 1 aliphatic heterocycles. The summed E-state index contributed by atoms with van der Waals surface area (Å²) in [7, 11) is 0. The van der Waals surface area contributed by atoms with E-state index in [0.717, 1.165) is 48.1 Å². The second kappa shape index (κ2) is 7.89. The molecule has 1 aromatic heterocycles. The Bertz CT molecular complexity index is 880. The van der Waals surface area contributed by atoms with Crippen molar-refractivity contribution < 1.29 is 4.79 Å². The third-order valence-corrected chi connectivity index (χ3v) is 5.27. The fraction of sp³-hybridized carbons (Fsp3) is 0.227. The molecule has 3 aromatic rings. The summed E-state index contributed by atoms with van der Waals surface area (Å²) in [5.41, 5.74) is 3.32. The molecule has 0 N–H and O–H groups in total. The Labute approximate surface area is 164 Å². The van der Waals surface area contributed by atoms with Gasteiger partial charge in [-0.1, -0.05) is 23.7 Å². The first-order chi connectivity index (χ1) is 13.2. The fourth-order valence-electron chi connectivity index (χ4n) is 3.44. The number of hydrogen-bond donors (Lipinski definition) is 0. The van der Waals surface area contributed by atoms with Crippen LogP contribution in [0, 0.1) is 0 Å². The summed E-state index contributed by atoms with van der Waals surface area (Å²) in [6.07, 6.45) is 4.48. The van der Waals surface area contributed by atoms with Crippen LogP contribution in [0.3, 0.4) is 0 Å². The molecule has 0 aliphatic carbocycles. The zero-order valence-electron chi connectivity index (χ0n) is 15.1. The minimum Gasteiger partial charge on any atom is -0.368 e. The lowest BCUT2D eigenvalue weighted by atomic mass is 10.1. The standard InChI is InChI=1S/C22H22ClN3O/c23-19-5-9-21(10-6-19)25-13-15-26(16-14-25)22(27)17-18-3-7-20(8-4-18)24-11-1-2-12-24/h1-12H,13-17H2. The second-order valence-corrected chi connectivity index (χ2v) is 7.21. The molecule has 0 bridgehead atoms. The van der Waals surface area contributed by atoms with Crippen molar-refractivity contribution in [1.82, 2.24) is 9.47 Å². The first kappa shape index (κ1) is 17.7. The molecule has 4 nitrogen and oxygen atoms in total. The Morgan fingerprint density at radius 3 is 2.04 bits per heavy atom. The highest BCUT2D eigenvalue weighted by atomic mass is 35.5. The monoisotopic (exact) mass is 379 g/mol. The van der Waals surface area contributed by atoms with Crippen LogP contribution in [0.15, 0.2) is 73.1 Å². The SMILES string of the molecule is O=C(Cc1ccc(-n2cccc2)cc1)N1CCN(c2ccc(Cl)cc2)CC1. The molecule has 1 saturated heterocycles. The Balaban J connectivity index is 1.32. The topological polar surface area (TPSA) is 28.5 Å². The zero-order chi connectivity index (χ0) is 18.6. The van der Waals surface area contributed by atoms with Gasteiger partial charge in [-0.15, -0.1) is 0 Å². The highest BCUT2D eigenvalue weighted by Crippen LogP contribution is 2.20. The lowest BCUT2D eigenvalue weighted by molar-refractivity contribution is -0.130. The van der Waals surface area contributed by atoms with Crippen LogP contribution in [0.2, 0.25) is 5.02 Å². The van der Waals surface area contributed by atoms with Gasteiger partial charge in [0.15, 0.2) is 0 Å². The normalized spacial score (nSPS) is 14.4. The number of hydrogen-bond acceptors (Lipinski definition) is 2. The van der Waals surface area contributed by atoms with Gasteiger partial charge in [0.1, 0.15) is 0 Å². The molecule has 2 heterocycles. The van der Waals surface area contributed by atoms with E-state index >= 15 is 0 Å². The van der Waals surface area contributed by atoms with Gasteiger partial charge >= 0.3 is 0 Å². The van der Waals surface area contributed by atoms with Crippen LogP contribution in [0.5, 0.6) is 0 Å². The van der Waals surface area contributed by atoms with E-state index < -0.39 is 0 Å². The van der Waals surface area contributed by atoms with Crippen molar-refractivity contribution in [2.24, 2.45) is 0 Å². The van der Waals surface area contributed by atoms with Crippen LogP contribution in [0.25, 0.3) is 5.69 Å². The number of carbonyl (C=O) groups is 1. The highest BCUT2D eigenvalue weighted by Gasteiger charge is 2.21. The van der Waals surface area contributed by atoms with Gasteiger partial charge in [0.25, 0.3) is 0 Å². The molecule has 1 amide bonds. The molecule has 138 valence electrons. The molecule has 1 fully saturated rings. The van der Waals surface area contributed by atoms with Crippen molar-refractivity contribution >= 4 is 23.2 Å². The third kappa shape index (κ3) is 4.17. The van der Waals surface area contributed by atoms with E-state index in [4.69, 9.17) is 11.6 Å². The predicted octanol–water partition coefficient (Wildman–Crippen LogP) is 4.02. The van der Waals surface area contributed by atoms with Crippen LogP contribution in [0.1, 0.15) is 5.56 Å². The average molecular weight is 380 g/mol. The van der Waals surface area contributed by atoms with E-state index in [2.05, 4.69) is 21.6 Å². The summed E-state index contributed by atoms with van der Waals surface area (Å²) in [6.45, 7) is 3.20. The molecule has 0 spiro atoms. The summed E-state index contributed by atoms with van der Waals surface area (Å²) >= 11 is 5.96. The number of rotatable bonds is 4. The van der Waals surface area contributed by atoms with Crippen molar-refractivity contribution in [2.45, 2.75) is 6.42 Å².